The number of rotatable bonds is 6. The number of carbonyl (C=O) groups is 1. The Morgan fingerprint density at radius 1 is 1.36 bits per heavy atom. The van der Waals surface area contributed by atoms with Crippen LogP contribution in [-0.2, 0) is 30.7 Å². The molecule has 2 atom stereocenters. The molecule has 7 nitrogen and oxygen atoms in total. The van der Waals surface area contributed by atoms with Crippen LogP contribution in [0.2, 0.25) is 0 Å². The molecule has 28 heavy (non-hydrogen) atoms. The number of β-amino-alcohol motifs (C(OH)–C–C–N with tert-alkyl or cyclic N) is 1. The van der Waals surface area contributed by atoms with Crippen LogP contribution in [0, 0.1) is 0 Å². The maximum absolute atomic E-state index is 12.4. The molecule has 7 heteroatoms. The number of ether oxygens (including phenoxy) is 1. The summed E-state index contributed by atoms with van der Waals surface area (Å²) in [5.41, 5.74) is 3.12. The first-order chi connectivity index (χ1) is 13.6. The fourth-order valence-corrected chi connectivity index (χ4v) is 4.09. The molecular weight excluding hydrogens is 356 g/mol. The van der Waals surface area contributed by atoms with Gasteiger partial charge in [0.15, 0.2) is 0 Å². The number of nitrogens with one attached hydrogen (secondary N) is 1. The third-order valence-electron chi connectivity index (χ3n) is 5.69. The van der Waals surface area contributed by atoms with Gasteiger partial charge in [-0.1, -0.05) is 24.3 Å². The minimum atomic E-state index is -0.607. The molecule has 0 fully saturated rings. The van der Waals surface area contributed by atoms with Gasteiger partial charge in [0, 0.05) is 45.9 Å². The van der Waals surface area contributed by atoms with E-state index >= 15 is 0 Å². The normalized spacial score (nSPS) is 20.3. The number of nitrogens with zero attached hydrogens (tertiary/aromatic N) is 3. The van der Waals surface area contributed by atoms with Crippen LogP contribution < -0.4 is 5.32 Å². The third kappa shape index (κ3) is 4.27. The number of aliphatic hydroxyl groups excluding tert-OH is 1. The van der Waals surface area contributed by atoms with Crippen molar-refractivity contribution < 1.29 is 14.6 Å². The number of hydrogen-bond acceptors (Lipinski definition) is 5. The summed E-state index contributed by atoms with van der Waals surface area (Å²) in [7, 11) is 1.71. The number of hydrogen-bond donors (Lipinski definition) is 2. The van der Waals surface area contributed by atoms with Gasteiger partial charge in [0.2, 0.25) is 0 Å². The Balaban J connectivity index is 1.27. The average molecular weight is 384 g/mol. The molecule has 0 spiro atoms. The predicted octanol–water partition coefficient (Wildman–Crippen LogP) is 0.993. The Bertz CT molecular complexity index is 835. The second kappa shape index (κ2) is 8.43. The van der Waals surface area contributed by atoms with Gasteiger partial charge in [-0.2, -0.15) is 0 Å². The Morgan fingerprint density at radius 2 is 2.18 bits per heavy atom. The van der Waals surface area contributed by atoms with Crippen molar-refractivity contribution in [2.45, 2.75) is 44.6 Å². The van der Waals surface area contributed by atoms with Crippen LogP contribution in [0.3, 0.4) is 0 Å². The standard InChI is InChI=1S/C21H28N4O3/c1-28-18-6-7-20-23-19(14-25(20)13-18)21(27)22-10-17(26)12-24-9-8-15-4-2-3-5-16(15)11-24/h2-5,14,17-18,26H,6-13H2,1H3,(H,22,27)/t17?,18-/m0/s1. The number of carbonyl (C=O) groups excluding carboxylic acids is 1. The lowest BCUT2D eigenvalue weighted by atomic mass is 10.00. The summed E-state index contributed by atoms with van der Waals surface area (Å²) in [6.45, 7) is 3.26. The monoisotopic (exact) mass is 384 g/mol. The summed E-state index contributed by atoms with van der Waals surface area (Å²) in [5.74, 6) is 0.685. The number of benzene rings is 1. The van der Waals surface area contributed by atoms with E-state index < -0.39 is 6.10 Å². The van der Waals surface area contributed by atoms with Crippen molar-refractivity contribution in [3.63, 3.8) is 0 Å². The molecule has 1 unspecified atom stereocenters. The Kier molecular flexibility index (Phi) is 5.75. The molecule has 0 radical (unpaired) electrons. The lowest BCUT2D eigenvalue weighted by Gasteiger charge is -2.30. The van der Waals surface area contributed by atoms with Crippen LogP contribution in [0.15, 0.2) is 30.5 Å². The number of methoxy groups -OCH3 is 1. The van der Waals surface area contributed by atoms with Gasteiger partial charge in [-0.05, 0) is 24.0 Å². The summed E-state index contributed by atoms with van der Waals surface area (Å²) in [6.07, 6.45) is 4.08. The first kappa shape index (κ1) is 19.1. The highest BCUT2D eigenvalue weighted by atomic mass is 16.5. The maximum atomic E-state index is 12.4. The second-order valence-corrected chi connectivity index (χ2v) is 7.71. The summed E-state index contributed by atoms with van der Waals surface area (Å²) in [6, 6.07) is 8.44. The number of imidazole rings is 1. The molecule has 0 aliphatic carbocycles. The van der Waals surface area contributed by atoms with E-state index in [2.05, 4.69) is 39.5 Å². The minimum Gasteiger partial charge on any atom is -0.390 e. The Labute approximate surface area is 165 Å². The van der Waals surface area contributed by atoms with Crippen molar-refractivity contribution in [2.75, 3.05) is 26.7 Å². The third-order valence-corrected chi connectivity index (χ3v) is 5.69. The van der Waals surface area contributed by atoms with E-state index in [1.807, 2.05) is 4.57 Å². The number of aliphatic hydroxyl groups is 1. The number of aromatic nitrogens is 2. The van der Waals surface area contributed by atoms with Crippen LogP contribution in [-0.4, -0.2) is 64.4 Å². The van der Waals surface area contributed by atoms with E-state index in [1.165, 1.54) is 11.1 Å². The fourth-order valence-electron chi connectivity index (χ4n) is 4.09. The first-order valence-electron chi connectivity index (χ1n) is 9.96. The van der Waals surface area contributed by atoms with Gasteiger partial charge in [-0.3, -0.25) is 9.69 Å². The zero-order chi connectivity index (χ0) is 19.5. The topological polar surface area (TPSA) is 79.6 Å². The molecule has 0 saturated heterocycles. The van der Waals surface area contributed by atoms with Crippen LogP contribution >= 0.6 is 0 Å². The predicted molar refractivity (Wildman–Crippen MR) is 105 cm³/mol. The quantitative estimate of drug-likeness (QED) is 0.777. The summed E-state index contributed by atoms with van der Waals surface area (Å²) < 4.78 is 7.40. The molecule has 1 aromatic carbocycles. The van der Waals surface area contributed by atoms with Crippen molar-refractivity contribution in [1.29, 1.82) is 0 Å². The molecule has 3 heterocycles. The highest BCUT2D eigenvalue weighted by Gasteiger charge is 2.23. The van der Waals surface area contributed by atoms with Gasteiger partial charge in [-0.15, -0.1) is 0 Å². The Morgan fingerprint density at radius 3 is 3.00 bits per heavy atom. The number of fused-ring (bicyclic) bond motifs is 2. The van der Waals surface area contributed by atoms with E-state index in [1.54, 1.807) is 13.3 Å². The molecule has 150 valence electrons. The molecule has 1 amide bonds. The van der Waals surface area contributed by atoms with Crippen molar-refractivity contribution in [3.8, 4) is 0 Å². The van der Waals surface area contributed by atoms with Gasteiger partial charge < -0.3 is 19.7 Å². The van der Waals surface area contributed by atoms with Gasteiger partial charge in [-0.25, -0.2) is 4.98 Å². The van der Waals surface area contributed by atoms with Crippen LogP contribution in [0.4, 0.5) is 0 Å². The number of amides is 1. The lowest BCUT2D eigenvalue weighted by Crippen LogP contribution is -2.42. The zero-order valence-corrected chi connectivity index (χ0v) is 16.3. The molecule has 0 bridgehead atoms. The molecule has 2 aromatic rings. The summed E-state index contributed by atoms with van der Waals surface area (Å²) in [4.78, 5) is 19.1. The second-order valence-electron chi connectivity index (χ2n) is 7.71. The van der Waals surface area contributed by atoms with E-state index in [-0.39, 0.29) is 18.6 Å². The number of aryl methyl sites for hydroxylation is 1. The lowest BCUT2D eigenvalue weighted by molar-refractivity contribution is 0.0706. The molecule has 0 saturated carbocycles. The largest absolute Gasteiger partial charge is 0.390 e. The van der Waals surface area contributed by atoms with Crippen molar-refractivity contribution in [1.82, 2.24) is 19.8 Å². The molecule has 2 aliphatic rings. The van der Waals surface area contributed by atoms with Crippen molar-refractivity contribution in [3.05, 3.63) is 53.1 Å². The van der Waals surface area contributed by atoms with Gasteiger partial charge in [0.1, 0.15) is 11.5 Å². The molecule has 2 N–H and O–H groups in total. The van der Waals surface area contributed by atoms with Gasteiger partial charge >= 0.3 is 0 Å². The molecule has 1 aromatic heterocycles. The summed E-state index contributed by atoms with van der Waals surface area (Å²) >= 11 is 0. The fraction of sp³-hybridized carbons (Fsp3) is 0.524. The van der Waals surface area contributed by atoms with Crippen molar-refractivity contribution >= 4 is 5.91 Å². The highest BCUT2D eigenvalue weighted by Crippen LogP contribution is 2.19. The minimum absolute atomic E-state index is 0.175. The Hall–Kier alpha value is -2.22. The van der Waals surface area contributed by atoms with E-state index in [0.29, 0.717) is 12.2 Å². The highest BCUT2D eigenvalue weighted by molar-refractivity contribution is 5.92. The van der Waals surface area contributed by atoms with Crippen LogP contribution in [0.5, 0.6) is 0 Å². The van der Waals surface area contributed by atoms with E-state index in [0.717, 1.165) is 44.7 Å². The van der Waals surface area contributed by atoms with Gasteiger partial charge in [0.25, 0.3) is 5.91 Å². The smallest absolute Gasteiger partial charge is 0.271 e. The van der Waals surface area contributed by atoms with E-state index in [4.69, 9.17) is 4.74 Å². The van der Waals surface area contributed by atoms with Crippen molar-refractivity contribution in [2.24, 2.45) is 0 Å². The maximum Gasteiger partial charge on any atom is 0.271 e. The van der Waals surface area contributed by atoms with Crippen LogP contribution in [0.1, 0.15) is 33.9 Å². The molecule has 4 rings (SSSR count). The van der Waals surface area contributed by atoms with Crippen LogP contribution in [0.25, 0.3) is 0 Å². The van der Waals surface area contributed by atoms with Gasteiger partial charge in [0.05, 0.1) is 18.8 Å². The van der Waals surface area contributed by atoms with E-state index in [9.17, 15) is 9.90 Å². The zero-order valence-electron chi connectivity index (χ0n) is 16.3. The first-order valence-corrected chi connectivity index (χ1v) is 9.96. The molecule has 2 aliphatic heterocycles. The SMILES string of the molecule is CO[C@H]1CCc2nc(C(=O)NCC(O)CN3CCc4ccccc4C3)cn2C1. The molecular formula is C21H28N4O3. The summed E-state index contributed by atoms with van der Waals surface area (Å²) in [5, 5.41) is 13.2. The average Bonchev–Trinajstić information content (AvgIpc) is 3.15.